The van der Waals surface area contributed by atoms with E-state index in [1.807, 2.05) is 50.2 Å². The molecule has 28 heavy (non-hydrogen) atoms. The first-order valence-corrected chi connectivity index (χ1v) is 10.3. The van der Waals surface area contributed by atoms with Gasteiger partial charge in [0.1, 0.15) is 5.75 Å². The molecule has 1 saturated heterocycles. The molecule has 3 aromatic rings. The lowest BCUT2D eigenvalue weighted by Gasteiger charge is -2.24. The summed E-state index contributed by atoms with van der Waals surface area (Å²) in [6, 6.07) is 11.8. The molecule has 0 N–H and O–H groups in total. The van der Waals surface area contributed by atoms with Crippen LogP contribution < -0.4 is 9.64 Å². The van der Waals surface area contributed by atoms with Gasteiger partial charge in [0.05, 0.1) is 30.0 Å². The van der Waals surface area contributed by atoms with Crippen molar-refractivity contribution in [1.29, 1.82) is 0 Å². The Kier molecular flexibility index (Phi) is 5.33. The van der Waals surface area contributed by atoms with Crippen molar-refractivity contribution in [2.45, 2.75) is 32.8 Å². The van der Waals surface area contributed by atoms with E-state index in [9.17, 15) is 4.79 Å². The van der Waals surface area contributed by atoms with E-state index < -0.39 is 0 Å². The van der Waals surface area contributed by atoms with Crippen molar-refractivity contribution in [2.75, 3.05) is 25.2 Å². The van der Waals surface area contributed by atoms with E-state index in [-0.39, 0.29) is 12.0 Å². The Morgan fingerprint density at radius 3 is 2.89 bits per heavy atom. The molecular formula is C22H24N2O3S. The molecule has 0 bridgehead atoms. The van der Waals surface area contributed by atoms with E-state index in [2.05, 4.69) is 0 Å². The molecule has 2 heterocycles. The zero-order valence-corrected chi connectivity index (χ0v) is 17.2. The summed E-state index contributed by atoms with van der Waals surface area (Å²) in [6.45, 7) is 5.25. The summed E-state index contributed by atoms with van der Waals surface area (Å²) in [5.41, 5.74) is 3.62. The van der Waals surface area contributed by atoms with E-state index in [0.717, 1.165) is 52.1 Å². The quantitative estimate of drug-likeness (QED) is 0.625. The third kappa shape index (κ3) is 3.75. The number of anilines is 1. The highest BCUT2D eigenvalue weighted by atomic mass is 32.1. The van der Waals surface area contributed by atoms with Crippen molar-refractivity contribution >= 4 is 32.6 Å². The number of carbonyl (C=O) groups excluding carboxylic acids is 1. The zero-order chi connectivity index (χ0) is 19.7. The Labute approximate surface area is 168 Å². The lowest BCUT2D eigenvalue weighted by Crippen LogP contribution is -2.37. The molecule has 5 nitrogen and oxygen atoms in total. The van der Waals surface area contributed by atoms with Gasteiger partial charge in [-0.1, -0.05) is 29.0 Å². The van der Waals surface area contributed by atoms with Crippen LogP contribution in [0.3, 0.4) is 0 Å². The maximum atomic E-state index is 13.5. The fourth-order valence-electron chi connectivity index (χ4n) is 3.49. The number of ether oxygens (including phenoxy) is 2. The molecule has 1 unspecified atom stereocenters. The number of amides is 1. The highest BCUT2D eigenvalue weighted by molar-refractivity contribution is 7.22. The van der Waals surface area contributed by atoms with E-state index in [1.54, 1.807) is 12.0 Å². The van der Waals surface area contributed by atoms with Gasteiger partial charge in [0, 0.05) is 12.2 Å². The summed E-state index contributed by atoms with van der Waals surface area (Å²) >= 11 is 1.51. The van der Waals surface area contributed by atoms with E-state index >= 15 is 0 Å². The maximum absolute atomic E-state index is 13.5. The number of thiazole rings is 1. The molecule has 0 radical (unpaired) electrons. The van der Waals surface area contributed by atoms with Gasteiger partial charge in [-0.05, 0) is 56.5 Å². The van der Waals surface area contributed by atoms with Crippen molar-refractivity contribution in [2.24, 2.45) is 0 Å². The molecule has 1 aliphatic heterocycles. The smallest absolute Gasteiger partial charge is 0.260 e. The van der Waals surface area contributed by atoms with Gasteiger partial charge in [-0.2, -0.15) is 0 Å². The summed E-state index contributed by atoms with van der Waals surface area (Å²) in [5.74, 6) is 0.761. The average molecular weight is 397 g/mol. The topological polar surface area (TPSA) is 51.7 Å². The second-order valence-corrected chi connectivity index (χ2v) is 8.21. The second-order valence-electron chi connectivity index (χ2n) is 7.20. The Morgan fingerprint density at radius 2 is 2.14 bits per heavy atom. The third-order valence-electron chi connectivity index (χ3n) is 5.09. The van der Waals surface area contributed by atoms with Crippen LogP contribution in [0.1, 0.15) is 34.3 Å². The van der Waals surface area contributed by atoms with Crippen LogP contribution in [0.15, 0.2) is 36.4 Å². The number of benzene rings is 2. The van der Waals surface area contributed by atoms with Crippen LogP contribution in [-0.2, 0) is 4.74 Å². The van der Waals surface area contributed by atoms with Crippen LogP contribution in [0, 0.1) is 13.8 Å². The molecule has 1 amide bonds. The lowest BCUT2D eigenvalue weighted by atomic mass is 10.0. The first kappa shape index (κ1) is 18.9. The van der Waals surface area contributed by atoms with Gasteiger partial charge in [0.15, 0.2) is 5.13 Å². The van der Waals surface area contributed by atoms with Crippen molar-refractivity contribution in [1.82, 2.24) is 4.98 Å². The van der Waals surface area contributed by atoms with Crippen LogP contribution >= 0.6 is 11.3 Å². The number of rotatable bonds is 5. The fourth-order valence-corrected chi connectivity index (χ4v) is 4.49. The number of aromatic nitrogens is 1. The molecule has 6 heteroatoms. The minimum absolute atomic E-state index is 0.0253. The fraction of sp³-hybridized carbons (Fsp3) is 0.364. The monoisotopic (exact) mass is 396 g/mol. The molecule has 4 rings (SSSR count). The van der Waals surface area contributed by atoms with Crippen LogP contribution in [0.2, 0.25) is 0 Å². The summed E-state index contributed by atoms with van der Waals surface area (Å²) < 4.78 is 12.1. The summed E-state index contributed by atoms with van der Waals surface area (Å²) in [7, 11) is 1.65. The SMILES string of the molecule is COc1ccc2nc(N(CC3CCCO3)C(=O)c3cc(C)ccc3C)sc2c1. The molecule has 146 valence electrons. The van der Waals surface area contributed by atoms with Gasteiger partial charge < -0.3 is 9.47 Å². The van der Waals surface area contributed by atoms with Gasteiger partial charge in [-0.15, -0.1) is 0 Å². The molecule has 0 spiro atoms. The molecule has 0 aliphatic carbocycles. The summed E-state index contributed by atoms with van der Waals surface area (Å²) in [6.07, 6.45) is 2.05. The highest BCUT2D eigenvalue weighted by Gasteiger charge is 2.28. The van der Waals surface area contributed by atoms with Crippen LogP contribution in [0.5, 0.6) is 5.75 Å². The molecule has 2 aromatic carbocycles. The normalized spacial score (nSPS) is 16.5. The zero-order valence-electron chi connectivity index (χ0n) is 16.4. The largest absolute Gasteiger partial charge is 0.497 e. The number of hydrogen-bond donors (Lipinski definition) is 0. The Morgan fingerprint density at radius 1 is 1.29 bits per heavy atom. The minimum Gasteiger partial charge on any atom is -0.497 e. The lowest BCUT2D eigenvalue weighted by molar-refractivity contribution is 0.0917. The molecule has 1 atom stereocenters. The van der Waals surface area contributed by atoms with Crippen LogP contribution in [-0.4, -0.2) is 37.3 Å². The van der Waals surface area contributed by atoms with E-state index in [1.165, 1.54) is 11.3 Å². The first-order valence-electron chi connectivity index (χ1n) is 9.50. The number of methoxy groups -OCH3 is 1. The van der Waals surface area contributed by atoms with Gasteiger partial charge in [-0.25, -0.2) is 4.98 Å². The predicted octanol–water partition coefficient (Wildman–Crippen LogP) is 4.75. The standard InChI is InChI=1S/C22H24N2O3S/c1-14-6-7-15(2)18(11-14)21(25)24(13-17-5-4-10-27-17)22-23-19-9-8-16(26-3)12-20(19)28-22/h6-9,11-12,17H,4-5,10,13H2,1-3H3. The third-order valence-corrected chi connectivity index (χ3v) is 6.14. The molecule has 0 saturated carbocycles. The molecular weight excluding hydrogens is 372 g/mol. The van der Waals surface area contributed by atoms with Gasteiger partial charge in [0.25, 0.3) is 5.91 Å². The predicted molar refractivity (Wildman–Crippen MR) is 113 cm³/mol. The number of nitrogens with zero attached hydrogens (tertiary/aromatic N) is 2. The summed E-state index contributed by atoms with van der Waals surface area (Å²) in [5, 5.41) is 0.699. The van der Waals surface area contributed by atoms with Crippen molar-refractivity contribution in [3.05, 3.63) is 53.1 Å². The molecule has 1 aromatic heterocycles. The van der Waals surface area contributed by atoms with Crippen molar-refractivity contribution in [3.8, 4) is 5.75 Å². The first-order chi connectivity index (χ1) is 13.5. The average Bonchev–Trinajstić information content (AvgIpc) is 3.36. The Bertz CT molecular complexity index is 1010. The van der Waals surface area contributed by atoms with E-state index in [0.29, 0.717) is 11.7 Å². The molecule has 1 aliphatic rings. The number of aryl methyl sites for hydroxylation is 2. The van der Waals surface area contributed by atoms with Crippen molar-refractivity contribution < 1.29 is 14.3 Å². The summed E-state index contributed by atoms with van der Waals surface area (Å²) in [4.78, 5) is 20.0. The van der Waals surface area contributed by atoms with Crippen LogP contribution in [0.4, 0.5) is 5.13 Å². The highest BCUT2D eigenvalue weighted by Crippen LogP contribution is 2.33. The number of hydrogen-bond acceptors (Lipinski definition) is 5. The van der Waals surface area contributed by atoms with Crippen molar-refractivity contribution in [3.63, 3.8) is 0 Å². The number of carbonyl (C=O) groups is 1. The van der Waals surface area contributed by atoms with E-state index in [4.69, 9.17) is 14.5 Å². The minimum atomic E-state index is -0.0253. The second kappa shape index (κ2) is 7.89. The van der Waals surface area contributed by atoms with Crippen LogP contribution in [0.25, 0.3) is 10.2 Å². The molecule has 1 fully saturated rings. The maximum Gasteiger partial charge on any atom is 0.260 e. The Hall–Kier alpha value is -2.44. The van der Waals surface area contributed by atoms with Gasteiger partial charge in [0.2, 0.25) is 0 Å². The number of fused-ring (bicyclic) bond motifs is 1. The Balaban J connectivity index is 1.74. The van der Waals surface area contributed by atoms with Gasteiger partial charge in [-0.3, -0.25) is 9.69 Å². The van der Waals surface area contributed by atoms with Gasteiger partial charge >= 0.3 is 0 Å².